The Hall–Kier alpha value is -2.60. The van der Waals surface area contributed by atoms with E-state index in [1.807, 2.05) is 0 Å². The van der Waals surface area contributed by atoms with Crippen LogP contribution in [0.2, 0.25) is 0 Å². The Labute approximate surface area is 358 Å². The molecule has 10 heteroatoms. The first-order valence-electron chi connectivity index (χ1n) is 23.4. The molecule has 0 amide bonds. The number of carbonyl (C=O) groups is 2. The van der Waals surface area contributed by atoms with E-state index in [9.17, 15) is 30.0 Å². The van der Waals surface area contributed by atoms with Crippen molar-refractivity contribution in [1.29, 1.82) is 0 Å². The van der Waals surface area contributed by atoms with Crippen molar-refractivity contribution in [3.05, 3.63) is 60.8 Å². The fourth-order valence-electron chi connectivity index (χ4n) is 6.70. The third-order valence-electron chi connectivity index (χ3n) is 10.4. The summed E-state index contributed by atoms with van der Waals surface area (Å²) in [6.45, 7) is 3.27. The van der Waals surface area contributed by atoms with Crippen LogP contribution in [0.4, 0.5) is 0 Å². The average Bonchev–Trinajstić information content (AvgIpc) is 3.23. The fraction of sp³-hybridized carbons (Fsp3) is 0.755. The highest BCUT2D eigenvalue weighted by molar-refractivity contribution is 5.70. The molecule has 0 aromatic rings. The third kappa shape index (κ3) is 31.0. The van der Waals surface area contributed by atoms with Gasteiger partial charge in [0, 0.05) is 12.8 Å². The number of hydrogen-bond acceptors (Lipinski definition) is 10. The van der Waals surface area contributed by atoms with Gasteiger partial charge in [0.1, 0.15) is 31.0 Å². The molecule has 0 aromatic heterocycles. The molecule has 1 aliphatic rings. The van der Waals surface area contributed by atoms with Crippen LogP contribution in [-0.2, 0) is 28.5 Å². The van der Waals surface area contributed by atoms with E-state index < -0.39 is 49.4 Å². The van der Waals surface area contributed by atoms with Crippen LogP contribution >= 0.6 is 0 Å². The van der Waals surface area contributed by atoms with Crippen molar-refractivity contribution < 1.29 is 49.0 Å². The van der Waals surface area contributed by atoms with E-state index >= 15 is 0 Å². The minimum absolute atomic E-state index is 0.216. The smallest absolute Gasteiger partial charge is 0.306 e. The maximum Gasteiger partial charge on any atom is 0.306 e. The number of aliphatic hydroxyl groups excluding tert-OH is 4. The predicted molar refractivity (Wildman–Crippen MR) is 238 cm³/mol. The number of hydrogen-bond donors (Lipinski definition) is 4. The molecule has 340 valence electrons. The van der Waals surface area contributed by atoms with Gasteiger partial charge in [-0.05, 0) is 77.0 Å². The van der Waals surface area contributed by atoms with E-state index in [2.05, 4.69) is 74.6 Å². The molecule has 1 fully saturated rings. The summed E-state index contributed by atoms with van der Waals surface area (Å²) in [5.74, 6) is -0.828. The zero-order valence-corrected chi connectivity index (χ0v) is 37.0. The van der Waals surface area contributed by atoms with Crippen molar-refractivity contribution in [2.75, 3.05) is 19.8 Å². The molecule has 0 bridgehead atoms. The summed E-state index contributed by atoms with van der Waals surface area (Å²) in [7, 11) is 0. The van der Waals surface area contributed by atoms with Gasteiger partial charge in [0.15, 0.2) is 12.4 Å². The number of rotatable bonds is 38. The Kier molecular flexibility index (Phi) is 36.5. The quantitative estimate of drug-likeness (QED) is 0.0269. The van der Waals surface area contributed by atoms with Crippen LogP contribution in [0.25, 0.3) is 0 Å². The number of esters is 2. The second-order valence-electron chi connectivity index (χ2n) is 15.8. The number of aliphatic hydroxyl groups is 4. The molecule has 59 heavy (non-hydrogen) atoms. The van der Waals surface area contributed by atoms with Crippen molar-refractivity contribution >= 4 is 11.9 Å². The first kappa shape index (κ1) is 54.4. The molecule has 10 nitrogen and oxygen atoms in total. The fourth-order valence-corrected chi connectivity index (χ4v) is 6.70. The predicted octanol–water partition coefficient (Wildman–Crippen LogP) is 10.2. The molecule has 0 saturated carbocycles. The standard InChI is InChI=1S/C49H84O10/c1-3-5-7-9-11-13-15-17-18-19-20-21-22-23-24-26-28-30-32-34-36-38-45(52)58-42(41-57-49-48(55)47(54)46(53)43(39-50)59-49)40-56-44(51)37-35-33-31-29-27-25-16-14-12-10-8-6-4-2/h5,7,11,13-14,16-18,20-21,42-43,46-50,53-55H,3-4,6,8-10,12,15,19,22-41H2,1-2H3/b7-5-,13-11-,16-14-,18-17-,21-20-. The van der Waals surface area contributed by atoms with Crippen molar-refractivity contribution in [2.24, 2.45) is 0 Å². The van der Waals surface area contributed by atoms with Gasteiger partial charge in [0.05, 0.1) is 13.2 Å². The van der Waals surface area contributed by atoms with Crippen LogP contribution in [0.15, 0.2) is 60.8 Å². The Bertz CT molecular complexity index is 1150. The third-order valence-corrected chi connectivity index (χ3v) is 10.4. The summed E-state index contributed by atoms with van der Waals surface area (Å²) in [5, 5.41) is 40.1. The monoisotopic (exact) mass is 833 g/mol. The van der Waals surface area contributed by atoms with Crippen LogP contribution in [-0.4, -0.2) is 89.0 Å². The minimum atomic E-state index is -1.60. The van der Waals surface area contributed by atoms with Gasteiger partial charge in [-0.3, -0.25) is 9.59 Å². The topological polar surface area (TPSA) is 152 Å². The Morgan fingerprint density at radius 3 is 1.53 bits per heavy atom. The summed E-state index contributed by atoms with van der Waals surface area (Å²) in [5.41, 5.74) is 0. The average molecular weight is 833 g/mol. The van der Waals surface area contributed by atoms with E-state index in [0.29, 0.717) is 12.8 Å². The van der Waals surface area contributed by atoms with Crippen LogP contribution < -0.4 is 0 Å². The van der Waals surface area contributed by atoms with E-state index in [1.54, 1.807) is 0 Å². The summed E-state index contributed by atoms with van der Waals surface area (Å²) >= 11 is 0. The number of carbonyl (C=O) groups excluding carboxylic acids is 2. The summed E-state index contributed by atoms with van der Waals surface area (Å²) < 4.78 is 22.2. The molecule has 0 aliphatic carbocycles. The van der Waals surface area contributed by atoms with Gasteiger partial charge < -0.3 is 39.4 Å². The highest BCUT2D eigenvalue weighted by Crippen LogP contribution is 2.22. The Morgan fingerprint density at radius 2 is 1.00 bits per heavy atom. The molecule has 1 saturated heterocycles. The molecule has 6 unspecified atom stereocenters. The Morgan fingerprint density at radius 1 is 0.542 bits per heavy atom. The van der Waals surface area contributed by atoms with Gasteiger partial charge in [0.25, 0.3) is 0 Å². The lowest BCUT2D eigenvalue weighted by molar-refractivity contribution is -0.305. The first-order chi connectivity index (χ1) is 28.8. The van der Waals surface area contributed by atoms with Gasteiger partial charge in [-0.2, -0.15) is 0 Å². The van der Waals surface area contributed by atoms with E-state index in [0.717, 1.165) is 89.9 Å². The van der Waals surface area contributed by atoms with Crippen LogP contribution in [0.3, 0.4) is 0 Å². The maximum atomic E-state index is 12.8. The maximum absolute atomic E-state index is 12.8. The molecule has 4 N–H and O–H groups in total. The summed E-state index contributed by atoms with van der Waals surface area (Å²) in [6, 6.07) is 0. The summed E-state index contributed by atoms with van der Waals surface area (Å²) in [4.78, 5) is 25.3. The zero-order chi connectivity index (χ0) is 43.0. The van der Waals surface area contributed by atoms with Crippen LogP contribution in [0, 0.1) is 0 Å². The van der Waals surface area contributed by atoms with E-state index in [4.69, 9.17) is 18.9 Å². The molecule has 1 aliphatic heterocycles. The van der Waals surface area contributed by atoms with Crippen molar-refractivity contribution in [3.8, 4) is 0 Å². The lowest BCUT2D eigenvalue weighted by atomic mass is 9.99. The van der Waals surface area contributed by atoms with Gasteiger partial charge >= 0.3 is 11.9 Å². The van der Waals surface area contributed by atoms with Crippen molar-refractivity contribution in [3.63, 3.8) is 0 Å². The molecule has 0 spiro atoms. The number of allylic oxidation sites excluding steroid dienone is 10. The normalized spacial score (nSPS) is 20.5. The second kappa shape index (κ2) is 39.5. The van der Waals surface area contributed by atoms with Gasteiger partial charge in [-0.15, -0.1) is 0 Å². The van der Waals surface area contributed by atoms with Gasteiger partial charge in [0.2, 0.25) is 0 Å². The molecule has 6 atom stereocenters. The first-order valence-corrected chi connectivity index (χ1v) is 23.4. The minimum Gasteiger partial charge on any atom is -0.462 e. The highest BCUT2D eigenvalue weighted by atomic mass is 16.7. The SMILES string of the molecule is CC/C=C\C/C=C\C/C=C\C/C=C\CCCCCCCCCCC(=O)OC(COC(=O)CCCCCCC/C=C\CCCCCC)COC1OC(CO)C(O)C(O)C1O. The lowest BCUT2D eigenvalue weighted by Gasteiger charge is -2.39. The molecular formula is C49H84O10. The lowest BCUT2D eigenvalue weighted by Crippen LogP contribution is -2.59. The van der Waals surface area contributed by atoms with Crippen LogP contribution in [0.1, 0.15) is 181 Å². The van der Waals surface area contributed by atoms with Gasteiger partial charge in [-0.25, -0.2) is 0 Å². The summed E-state index contributed by atoms with van der Waals surface area (Å²) in [6.07, 6.45) is 40.8. The highest BCUT2D eigenvalue weighted by Gasteiger charge is 2.44. The molecule has 1 rings (SSSR count). The molecule has 0 radical (unpaired) electrons. The number of unbranched alkanes of at least 4 members (excludes halogenated alkanes) is 17. The molecular weight excluding hydrogens is 749 g/mol. The second-order valence-corrected chi connectivity index (χ2v) is 15.8. The largest absolute Gasteiger partial charge is 0.462 e. The van der Waals surface area contributed by atoms with Crippen molar-refractivity contribution in [2.45, 2.75) is 218 Å². The molecule has 0 aromatic carbocycles. The number of ether oxygens (including phenoxy) is 4. The van der Waals surface area contributed by atoms with E-state index in [-0.39, 0.29) is 32.0 Å². The van der Waals surface area contributed by atoms with E-state index in [1.165, 1.54) is 51.4 Å². The van der Waals surface area contributed by atoms with Gasteiger partial charge in [-0.1, -0.05) is 152 Å². The molecule has 1 heterocycles. The Balaban J connectivity index is 2.31. The van der Waals surface area contributed by atoms with Crippen molar-refractivity contribution in [1.82, 2.24) is 0 Å². The van der Waals surface area contributed by atoms with Crippen LogP contribution in [0.5, 0.6) is 0 Å². The zero-order valence-electron chi connectivity index (χ0n) is 37.0.